The lowest BCUT2D eigenvalue weighted by Gasteiger charge is -2.00. The summed E-state index contributed by atoms with van der Waals surface area (Å²) in [6.45, 7) is 2.55. The molecule has 1 amide bonds. The van der Waals surface area contributed by atoms with Gasteiger partial charge in [-0.2, -0.15) is 0 Å². The fraction of sp³-hybridized carbons (Fsp3) is 0.167. The van der Waals surface area contributed by atoms with Crippen molar-refractivity contribution in [2.75, 3.05) is 17.2 Å². The van der Waals surface area contributed by atoms with E-state index in [1.807, 2.05) is 30.5 Å². The molecular formula is C18H16N6O2S2. The summed E-state index contributed by atoms with van der Waals surface area (Å²) in [6, 6.07) is 7.42. The Labute approximate surface area is 168 Å². The van der Waals surface area contributed by atoms with E-state index in [2.05, 4.69) is 30.6 Å². The number of nitrogens with one attached hydrogen (secondary N) is 2. The third-order valence-corrected chi connectivity index (χ3v) is 5.34. The van der Waals surface area contributed by atoms with E-state index in [4.69, 9.17) is 4.74 Å². The number of nitrogens with zero attached hydrogens (tertiary/aromatic N) is 4. The molecule has 10 heteroatoms. The summed E-state index contributed by atoms with van der Waals surface area (Å²) in [5.41, 5.74) is 1.49. The molecule has 0 aliphatic rings. The van der Waals surface area contributed by atoms with Gasteiger partial charge in [-0.1, -0.05) is 11.3 Å². The van der Waals surface area contributed by atoms with E-state index >= 15 is 0 Å². The van der Waals surface area contributed by atoms with Crippen LogP contribution in [-0.2, 0) is 11.2 Å². The maximum absolute atomic E-state index is 12.3. The quantitative estimate of drug-likeness (QED) is 0.475. The van der Waals surface area contributed by atoms with Gasteiger partial charge in [-0.25, -0.2) is 19.9 Å². The van der Waals surface area contributed by atoms with Crippen molar-refractivity contribution in [1.29, 1.82) is 0 Å². The van der Waals surface area contributed by atoms with Gasteiger partial charge < -0.3 is 15.4 Å². The van der Waals surface area contributed by atoms with E-state index < -0.39 is 0 Å². The molecule has 0 spiro atoms. The molecule has 0 unspecified atom stereocenters. The van der Waals surface area contributed by atoms with Crippen LogP contribution in [0.5, 0.6) is 5.75 Å². The fourth-order valence-electron chi connectivity index (χ4n) is 2.45. The summed E-state index contributed by atoms with van der Waals surface area (Å²) < 4.78 is 6.46. The van der Waals surface area contributed by atoms with Crippen molar-refractivity contribution >= 4 is 55.0 Å². The summed E-state index contributed by atoms with van der Waals surface area (Å²) in [5, 5.41) is 8.87. The Morgan fingerprint density at radius 3 is 2.86 bits per heavy atom. The predicted molar refractivity (Wildman–Crippen MR) is 111 cm³/mol. The van der Waals surface area contributed by atoms with Crippen LogP contribution in [0.3, 0.4) is 0 Å². The lowest BCUT2D eigenvalue weighted by Crippen LogP contribution is -2.14. The first kappa shape index (κ1) is 18.3. The average Bonchev–Trinajstić information content (AvgIpc) is 3.28. The number of rotatable bonds is 7. The number of hydrogen-bond acceptors (Lipinski definition) is 9. The van der Waals surface area contributed by atoms with Gasteiger partial charge in [0.1, 0.15) is 5.75 Å². The predicted octanol–water partition coefficient (Wildman–Crippen LogP) is 3.87. The van der Waals surface area contributed by atoms with E-state index in [-0.39, 0.29) is 12.3 Å². The Bertz CT molecular complexity index is 1100. The molecule has 1 aromatic carbocycles. The maximum Gasteiger partial charge on any atom is 0.232 e. The Morgan fingerprint density at radius 2 is 2.04 bits per heavy atom. The molecular weight excluding hydrogens is 396 g/mol. The molecule has 3 heterocycles. The average molecular weight is 413 g/mol. The topological polar surface area (TPSA) is 102 Å². The smallest absolute Gasteiger partial charge is 0.232 e. The molecule has 8 nitrogen and oxygen atoms in total. The standard InChI is InChI=1S/C18H16N6O2S2/c1-2-26-12-4-5-13-14(9-12)28-18(22-13)23-15(25)8-11-10-27-17(21-11)24-16-19-6-3-7-20-16/h3-7,9-10H,2,8H2,1H3,(H,22,23,25)(H,19,20,21,24). The third-order valence-electron chi connectivity index (χ3n) is 3.60. The second kappa shape index (κ2) is 8.28. The Balaban J connectivity index is 1.38. The number of thiazole rings is 2. The largest absolute Gasteiger partial charge is 0.494 e. The molecule has 0 aliphatic heterocycles. The van der Waals surface area contributed by atoms with Gasteiger partial charge in [-0.15, -0.1) is 11.3 Å². The molecule has 0 saturated heterocycles. The number of hydrogen-bond donors (Lipinski definition) is 2. The van der Waals surface area contributed by atoms with E-state index in [1.165, 1.54) is 22.7 Å². The number of carbonyl (C=O) groups excluding carboxylic acids is 1. The summed E-state index contributed by atoms with van der Waals surface area (Å²) in [4.78, 5) is 29.4. The number of fused-ring (bicyclic) bond motifs is 1. The van der Waals surface area contributed by atoms with Crippen molar-refractivity contribution in [3.05, 3.63) is 47.7 Å². The van der Waals surface area contributed by atoms with Crippen LogP contribution in [0, 0.1) is 0 Å². The van der Waals surface area contributed by atoms with Crippen LogP contribution < -0.4 is 15.4 Å². The highest BCUT2D eigenvalue weighted by Crippen LogP contribution is 2.29. The van der Waals surface area contributed by atoms with E-state index in [0.717, 1.165) is 16.0 Å². The monoisotopic (exact) mass is 412 g/mol. The molecule has 2 N–H and O–H groups in total. The van der Waals surface area contributed by atoms with Crippen molar-refractivity contribution in [2.24, 2.45) is 0 Å². The molecule has 3 aromatic heterocycles. The highest BCUT2D eigenvalue weighted by molar-refractivity contribution is 7.22. The van der Waals surface area contributed by atoms with Crippen LogP contribution in [0.15, 0.2) is 42.0 Å². The van der Waals surface area contributed by atoms with Crippen molar-refractivity contribution in [2.45, 2.75) is 13.3 Å². The molecule has 0 atom stereocenters. The highest BCUT2D eigenvalue weighted by Gasteiger charge is 2.12. The Morgan fingerprint density at radius 1 is 1.18 bits per heavy atom. The van der Waals surface area contributed by atoms with E-state index in [0.29, 0.717) is 28.5 Å². The van der Waals surface area contributed by atoms with E-state index in [1.54, 1.807) is 18.5 Å². The van der Waals surface area contributed by atoms with Crippen LogP contribution >= 0.6 is 22.7 Å². The number of ether oxygens (including phenoxy) is 1. The van der Waals surface area contributed by atoms with Crippen LogP contribution in [0.1, 0.15) is 12.6 Å². The minimum Gasteiger partial charge on any atom is -0.494 e. The first-order chi connectivity index (χ1) is 13.7. The zero-order valence-electron chi connectivity index (χ0n) is 14.9. The molecule has 0 fully saturated rings. The number of anilines is 3. The summed E-state index contributed by atoms with van der Waals surface area (Å²) >= 11 is 2.81. The molecule has 4 rings (SSSR count). The number of carbonyl (C=O) groups is 1. The van der Waals surface area contributed by atoms with Crippen LogP contribution in [0.4, 0.5) is 16.2 Å². The third kappa shape index (κ3) is 4.41. The maximum atomic E-state index is 12.3. The van der Waals surface area contributed by atoms with Crippen LogP contribution in [0.2, 0.25) is 0 Å². The summed E-state index contributed by atoms with van der Waals surface area (Å²) in [7, 11) is 0. The first-order valence-corrected chi connectivity index (χ1v) is 10.2. The van der Waals surface area contributed by atoms with Gasteiger partial charge >= 0.3 is 0 Å². The van der Waals surface area contributed by atoms with Crippen molar-refractivity contribution in [1.82, 2.24) is 19.9 Å². The van der Waals surface area contributed by atoms with Gasteiger partial charge in [0.15, 0.2) is 10.3 Å². The second-order valence-electron chi connectivity index (χ2n) is 5.65. The zero-order chi connectivity index (χ0) is 19.3. The van der Waals surface area contributed by atoms with Gasteiger partial charge in [0.25, 0.3) is 0 Å². The zero-order valence-corrected chi connectivity index (χ0v) is 16.5. The normalized spacial score (nSPS) is 10.8. The van der Waals surface area contributed by atoms with Crippen LogP contribution in [-0.4, -0.2) is 32.4 Å². The number of benzene rings is 1. The summed E-state index contributed by atoms with van der Waals surface area (Å²) in [5.74, 6) is 1.09. The van der Waals surface area contributed by atoms with Crippen molar-refractivity contribution in [3.8, 4) is 5.75 Å². The molecule has 4 aromatic rings. The highest BCUT2D eigenvalue weighted by atomic mass is 32.1. The van der Waals surface area contributed by atoms with Gasteiger partial charge in [0, 0.05) is 17.8 Å². The minimum atomic E-state index is -0.170. The lowest BCUT2D eigenvalue weighted by molar-refractivity contribution is -0.115. The molecule has 0 radical (unpaired) electrons. The molecule has 142 valence electrons. The van der Waals surface area contributed by atoms with Gasteiger partial charge in [0.2, 0.25) is 11.9 Å². The fourth-order valence-corrected chi connectivity index (χ4v) is 4.06. The molecule has 0 aliphatic carbocycles. The Hall–Kier alpha value is -3.11. The van der Waals surface area contributed by atoms with Gasteiger partial charge in [-0.3, -0.25) is 4.79 Å². The van der Waals surface area contributed by atoms with Crippen molar-refractivity contribution < 1.29 is 9.53 Å². The van der Waals surface area contributed by atoms with Crippen LogP contribution in [0.25, 0.3) is 10.2 Å². The minimum absolute atomic E-state index is 0.161. The van der Waals surface area contributed by atoms with Gasteiger partial charge in [-0.05, 0) is 31.2 Å². The van der Waals surface area contributed by atoms with E-state index in [9.17, 15) is 4.79 Å². The number of amides is 1. The SMILES string of the molecule is CCOc1ccc2nc(NC(=O)Cc3csc(Nc4ncccn4)n3)sc2c1. The summed E-state index contributed by atoms with van der Waals surface area (Å²) in [6.07, 6.45) is 3.45. The first-order valence-electron chi connectivity index (χ1n) is 8.51. The Kier molecular flexibility index (Phi) is 5.40. The molecule has 0 bridgehead atoms. The number of aromatic nitrogens is 4. The van der Waals surface area contributed by atoms with Gasteiger partial charge in [0.05, 0.1) is 28.9 Å². The molecule has 28 heavy (non-hydrogen) atoms. The second-order valence-corrected chi connectivity index (χ2v) is 7.54. The lowest BCUT2D eigenvalue weighted by atomic mass is 10.3. The molecule has 0 saturated carbocycles. The van der Waals surface area contributed by atoms with Crippen molar-refractivity contribution in [3.63, 3.8) is 0 Å².